The lowest BCUT2D eigenvalue weighted by molar-refractivity contribution is -0.137. The van der Waals surface area contributed by atoms with Gasteiger partial charge < -0.3 is 10.2 Å². The Labute approximate surface area is 121 Å². The van der Waals surface area contributed by atoms with Crippen LogP contribution in [0.3, 0.4) is 0 Å². The van der Waals surface area contributed by atoms with E-state index in [4.69, 9.17) is 0 Å². The highest BCUT2D eigenvalue weighted by atomic mass is 16.2. The monoisotopic (exact) mass is 278 g/mol. The number of hydrogen-bond donors (Lipinski definition) is 1. The molecule has 4 heteroatoms. The number of rotatable bonds is 3. The van der Waals surface area contributed by atoms with Crippen LogP contribution in [0.25, 0.3) is 0 Å². The van der Waals surface area contributed by atoms with Gasteiger partial charge in [-0.3, -0.25) is 9.59 Å². The van der Waals surface area contributed by atoms with Gasteiger partial charge in [-0.05, 0) is 37.0 Å². The van der Waals surface area contributed by atoms with Crippen LogP contribution >= 0.6 is 0 Å². The summed E-state index contributed by atoms with van der Waals surface area (Å²) in [5.41, 5.74) is 0. The normalized spacial score (nSPS) is 38.8. The number of nitrogens with zero attached hydrogens (tertiary/aromatic N) is 1. The maximum atomic E-state index is 12.9. The second kappa shape index (κ2) is 5.38. The van der Waals surface area contributed by atoms with Crippen LogP contribution in [0.1, 0.15) is 52.4 Å². The highest BCUT2D eigenvalue weighted by molar-refractivity contribution is 5.90. The first-order valence-electron chi connectivity index (χ1n) is 8.20. The van der Waals surface area contributed by atoms with Gasteiger partial charge in [0.2, 0.25) is 11.8 Å². The van der Waals surface area contributed by atoms with E-state index >= 15 is 0 Å². The quantitative estimate of drug-likeness (QED) is 0.857. The highest BCUT2D eigenvalue weighted by Gasteiger charge is 2.46. The van der Waals surface area contributed by atoms with Crippen LogP contribution in [0.5, 0.6) is 0 Å². The van der Waals surface area contributed by atoms with Gasteiger partial charge in [-0.25, -0.2) is 0 Å². The van der Waals surface area contributed by atoms with Gasteiger partial charge in [0.05, 0.1) is 0 Å². The minimum absolute atomic E-state index is 0.0364. The Balaban J connectivity index is 1.79. The summed E-state index contributed by atoms with van der Waals surface area (Å²) >= 11 is 0. The van der Waals surface area contributed by atoms with E-state index in [1.54, 1.807) is 0 Å². The summed E-state index contributed by atoms with van der Waals surface area (Å²) in [5, 5.41) is 2.95. The Bertz CT molecular complexity index is 409. The number of amides is 2. The fourth-order valence-electron chi connectivity index (χ4n) is 4.36. The summed E-state index contributed by atoms with van der Waals surface area (Å²) in [6.07, 6.45) is 6.46. The molecule has 2 aliphatic carbocycles. The number of carbonyl (C=O) groups excluding carboxylic acids is 2. The molecule has 0 aromatic rings. The third-order valence-electron chi connectivity index (χ3n) is 5.76. The summed E-state index contributed by atoms with van der Waals surface area (Å²) in [6.45, 7) is 4.76. The van der Waals surface area contributed by atoms with Crippen LogP contribution < -0.4 is 5.32 Å². The van der Waals surface area contributed by atoms with Gasteiger partial charge >= 0.3 is 0 Å². The first-order valence-corrected chi connectivity index (χ1v) is 8.20. The SMILES string of the molecule is CCC(C)C1NC(=O)CCN(C2CC3CCC2C3)C1=O. The van der Waals surface area contributed by atoms with Crippen molar-refractivity contribution in [2.45, 2.75) is 64.5 Å². The minimum atomic E-state index is -0.311. The molecule has 1 heterocycles. The molecule has 5 atom stereocenters. The molecule has 0 spiro atoms. The fourth-order valence-corrected chi connectivity index (χ4v) is 4.36. The fraction of sp³-hybridized carbons (Fsp3) is 0.875. The van der Waals surface area contributed by atoms with Crippen LogP contribution in [0.15, 0.2) is 0 Å². The van der Waals surface area contributed by atoms with E-state index in [0.717, 1.165) is 18.8 Å². The Morgan fingerprint density at radius 1 is 1.30 bits per heavy atom. The highest BCUT2D eigenvalue weighted by Crippen LogP contribution is 2.47. The molecule has 2 amide bonds. The summed E-state index contributed by atoms with van der Waals surface area (Å²) in [5.74, 6) is 1.93. The molecule has 2 saturated carbocycles. The largest absolute Gasteiger partial charge is 0.344 e. The van der Waals surface area contributed by atoms with Crippen molar-refractivity contribution in [3.8, 4) is 0 Å². The average molecular weight is 278 g/mol. The zero-order valence-electron chi connectivity index (χ0n) is 12.6. The predicted molar refractivity (Wildman–Crippen MR) is 77.0 cm³/mol. The minimum Gasteiger partial charge on any atom is -0.344 e. The van der Waals surface area contributed by atoms with Crippen LogP contribution in [-0.4, -0.2) is 35.3 Å². The molecule has 3 fully saturated rings. The lowest BCUT2D eigenvalue weighted by Crippen LogP contribution is -2.52. The van der Waals surface area contributed by atoms with Gasteiger partial charge in [0, 0.05) is 19.0 Å². The maximum Gasteiger partial charge on any atom is 0.245 e. The molecule has 0 aromatic heterocycles. The van der Waals surface area contributed by atoms with Crippen molar-refractivity contribution in [2.24, 2.45) is 17.8 Å². The lowest BCUT2D eigenvalue weighted by Gasteiger charge is -2.36. The van der Waals surface area contributed by atoms with Gasteiger partial charge in [-0.15, -0.1) is 0 Å². The molecule has 4 nitrogen and oxygen atoms in total. The van der Waals surface area contributed by atoms with Crippen molar-refractivity contribution < 1.29 is 9.59 Å². The Morgan fingerprint density at radius 2 is 2.10 bits per heavy atom. The Morgan fingerprint density at radius 3 is 2.70 bits per heavy atom. The Kier molecular flexibility index (Phi) is 3.74. The van der Waals surface area contributed by atoms with Crippen molar-refractivity contribution in [2.75, 3.05) is 6.54 Å². The van der Waals surface area contributed by atoms with Crippen molar-refractivity contribution in [3.05, 3.63) is 0 Å². The first-order chi connectivity index (χ1) is 9.60. The molecule has 0 aromatic carbocycles. The van der Waals surface area contributed by atoms with E-state index in [1.165, 1.54) is 19.3 Å². The predicted octanol–water partition coefficient (Wildman–Crippen LogP) is 1.94. The van der Waals surface area contributed by atoms with Gasteiger partial charge in [0.1, 0.15) is 6.04 Å². The molecule has 5 unspecified atom stereocenters. The van der Waals surface area contributed by atoms with Gasteiger partial charge in [-0.2, -0.15) is 0 Å². The molecular formula is C16H26N2O2. The first kappa shape index (κ1) is 13.9. The summed E-state index contributed by atoms with van der Waals surface area (Å²) < 4.78 is 0. The molecule has 3 aliphatic rings. The summed E-state index contributed by atoms with van der Waals surface area (Å²) in [6, 6.07) is 0.0923. The van der Waals surface area contributed by atoms with E-state index in [1.807, 2.05) is 0 Å². The van der Waals surface area contributed by atoms with E-state index in [-0.39, 0.29) is 23.8 Å². The van der Waals surface area contributed by atoms with Crippen LogP contribution in [-0.2, 0) is 9.59 Å². The van der Waals surface area contributed by atoms with Crippen molar-refractivity contribution in [1.82, 2.24) is 10.2 Å². The van der Waals surface area contributed by atoms with E-state index in [9.17, 15) is 9.59 Å². The molecule has 1 aliphatic heterocycles. The molecule has 3 rings (SSSR count). The number of hydrogen-bond acceptors (Lipinski definition) is 2. The van der Waals surface area contributed by atoms with Gasteiger partial charge in [-0.1, -0.05) is 26.7 Å². The summed E-state index contributed by atoms with van der Waals surface area (Å²) in [4.78, 5) is 26.8. The van der Waals surface area contributed by atoms with E-state index < -0.39 is 0 Å². The maximum absolute atomic E-state index is 12.9. The lowest BCUT2D eigenvalue weighted by atomic mass is 9.92. The zero-order valence-corrected chi connectivity index (χ0v) is 12.6. The van der Waals surface area contributed by atoms with E-state index in [2.05, 4.69) is 24.1 Å². The van der Waals surface area contributed by atoms with Crippen LogP contribution in [0.2, 0.25) is 0 Å². The standard InChI is InChI=1S/C16H26N2O2/c1-3-10(2)15-16(20)18(7-6-14(19)17-15)13-9-11-4-5-12(13)8-11/h10-13,15H,3-9H2,1-2H3,(H,17,19). The van der Waals surface area contributed by atoms with Crippen molar-refractivity contribution >= 4 is 11.8 Å². The number of nitrogens with one attached hydrogen (secondary N) is 1. The topological polar surface area (TPSA) is 49.4 Å². The van der Waals surface area contributed by atoms with Crippen LogP contribution in [0, 0.1) is 17.8 Å². The molecule has 1 saturated heterocycles. The van der Waals surface area contributed by atoms with Crippen molar-refractivity contribution in [1.29, 1.82) is 0 Å². The van der Waals surface area contributed by atoms with Crippen molar-refractivity contribution in [3.63, 3.8) is 0 Å². The van der Waals surface area contributed by atoms with Gasteiger partial charge in [0.25, 0.3) is 0 Å². The van der Waals surface area contributed by atoms with Crippen LogP contribution in [0.4, 0.5) is 0 Å². The third-order valence-corrected chi connectivity index (χ3v) is 5.76. The molecule has 20 heavy (non-hydrogen) atoms. The third kappa shape index (κ3) is 2.33. The number of fused-ring (bicyclic) bond motifs is 2. The zero-order chi connectivity index (χ0) is 14.3. The molecular weight excluding hydrogens is 252 g/mol. The van der Waals surface area contributed by atoms with E-state index in [0.29, 0.717) is 24.9 Å². The second-order valence-corrected chi connectivity index (χ2v) is 6.95. The average Bonchev–Trinajstić information content (AvgIpc) is 3.03. The smallest absolute Gasteiger partial charge is 0.245 e. The molecule has 0 radical (unpaired) electrons. The molecule has 112 valence electrons. The molecule has 1 N–H and O–H groups in total. The number of carbonyl (C=O) groups is 2. The Hall–Kier alpha value is -1.06. The summed E-state index contributed by atoms with van der Waals surface area (Å²) in [7, 11) is 0. The molecule has 2 bridgehead atoms. The second-order valence-electron chi connectivity index (χ2n) is 6.95. The van der Waals surface area contributed by atoms with Gasteiger partial charge in [0.15, 0.2) is 0 Å².